The van der Waals surface area contributed by atoms with Gasteiger partial charge in [-0.1, -0.05) is 6.07 Å². The number of hydrogen-bond acceptors (Lipinski definition) is 3. The van der Waals surface area contributed by atoms with Gasteiger partial charge in [0.15, 0.2) is 0 Å². The summed E-state index contributed by atoms with van der Waals surface area (Å²) in [6, 6.07) is 3.72. The fourth-order valence-corrected chi connectivity index (χ4v) is 1.71. The van der Waals surface area contributed by atoms with Crippen LogP contribution in [-0.2, 0) is 0 Å². The maximum Gasteiger partial charge on any atom is 0.261 e. The Morgan fingerprint density at radius 2 is 2.58 bits per heavy atom. The molecule has 0 aromatic carbocycles. The largest absolute Gasteiger partial charge is 0.351 e. The third kappa shape index (κ3) is 2.87. The van der Waals surface area contributed by atoms with Gasteiger partial charge in [-0.05, 0) is 17.7 Å². The van der Waals surface area contributed by atoms with Crippen LogP contribution in [0.25, 0.3) is 0 Å². The third-order valence-electron chi connectivity index (χ3n) is 1.34. The number of thioether (sulfide) groups is 1. The summed E-state index contributed by atoms with van der Waals surface area (Å²) in [7, 11) is 0. The molecule has 1 N–H and O–H groups in total. The average Bonchev–Trinajstić information content (AvgIpc) is 2.56. The lowest BCUT2D eigenvalue weighted by Gasteiger charge is -2.00. The molecule has 1 rings (SSSR count). The number of hydrogen-bond donors (Lipinski definition) is 1. The lowest BCUT2D eigenvalue weighted by atomic mass is 10.4. The fraction of sp³-hybridized carbons (Fsp3) is 0.375. The van der Waals surface area contributed by atoms with Crippen LogP contribution >= 0.6 is 23.1 Å². The molecule has 0 aliphatic heterocycles. The van der Waals surface area contributed by atoms with Crippen LogP contribution in [0, 0.1) is 0 Å². The number of carbonyl (C=O) groups is 1. The van der Waals surface area contributed by atoms with Crippen molar-refractivity contribution in [1.29, 1.82) is 0 Å². The van der Waals surface area contributed by atoms with Crippen LogP contribution in [-0.4, -0.2) is 24.5 Å². The summed E-state index contributed by atoms with van der Waals surface area (Å²) in [5.41, 5.74) is 0. The number of nitrogens with one attached hydrogen (secondary N) is 1. The van der Waals surface area contributed by atoms with Gasteiger partial charge in [0, 0.05) is 12.3 Å². The molecule has 0 saturated carbocycles. The Hall–Kier alpha value is -0.480. The van der Waals surface area contributed by atoms with Crippen LogP contribution in [0.3, 0.4) is 0 Å². The van der Waals surface area contributed by atoms with Crippen LogP contribution < -0.4 is 5.32 Å². The van der Waals surface area contributed by atoms with Crippen molar-refractivity contribution in [3.8, 4) is 0 Å². The van der Waals surface area contributed by atoms with E-state index in [0.717, 1.165) is 17.2 Å². The Balaban J connectivity index is 2.30. The molecule has 0 bridgehead atoms. The van der Waals surface area contributed by atoms with E-state index in [0.29, 0.717) is 0 Å². The molecule has 4 heteroatoms. The maximum absolute atomic E-state index is 11.3. The molecule has 0 atom stereocenters. The van der Waals surface area contributed by atoms with Crippen LogP contribution in [0.4, 0.5) is 0 Å². The second-order valence-corrected chi connectivity index (χ2v) is 4.16. The highest BCUT2D eigenvalue weighted by molar-refractivity contribution is 7.98. The van der Waals surface area contributed by atoms with Gasteiger partial charge in [0.1, 0.15) is 0 Å². The standard InChI is InChI=1S/C8H11NOS2/c1-11-6-4-9-8(10)7-3-2-5-12-7/h2-3,5H,4,6H2,1H3,(H,9,10). The Morgan fingerprint density at radius 3 is 3.17 bits per heavy atom. The van der Waals surface area contributed by atoms with Gasteiger partial charge in [0.05, 0.1) is 4.88 Å². The molecule has 1 heterocycles. The van der Waals surface area contributed by atoms with Gasteiger partial charge in [0.25, 0.3) is 5.91 Å². The molecule has 0 spiro atoms. The summed E-state index contributed by atoms with van der Waals surface area (Å²) >= 11 is 3.20. The highest BCUT2D eigenvalue weighted by atomic mass is 32.2. The van der Waals surface area contributed by atoms with Crippen molar-refractivity contribution < 1.29 is 4.79 Å². The van der Waals surface area contributed by atoms with Crippen molar-refractivity contribution in [2.45, 2.75) is 0 Å². The van der Waals surface area contributed by atoms with E-state index in [1.165, 1.54) is 11.3 Å². The lowest BCUT2D eigenvalue weighted by molar-refractivity contribution is 0.0960. The van der Waals surface area contributed by atoms with Crippen molar-refractivity contribution in [2.24, 2.45) is 0 Å². The summed E-state index contributed by atoms with van der Waals surface area (Å²) in [6.07, 6.45) is 2.03. The highest BCUT2D eigenvalue weighted by Gasteiger charge is 2.03. The normalized spacial score (nSPS) is 9.75. The summed E-state index contributed by atoms with van der Waals surface area (Å²) in [4.78, 5) is 12.1. The number of rotatable bonds is 4. The first-order valence-electron chi connectivity index (χ1n) is 3.65. The molecule has 0 saturated heterocycles. The van der Waals surface area contributed by atoms with Crippen molar-refractivity contribution in [1.82, 2.24) is 5.32 Å². The van der Waals surface area contributed by atoms with Crippen molar-refractivity contribution >= 4 is 29.0 Å². The molecule has 1 aromatic rings. The summed E-state index contributed by atoms with van der Waals surface area (Å²) < 4.78 is 0. The molecule has 2 nitrogen and oxygen atoms in total. The van der Waals surface area contributed by atoms with E-state index in [-0.39, 0.29) is 5.91 Å². The maximum atomic E-state index is 11.3. The van der Waals surface area contributed by atoms with Crippen molar-refractivity contribution in [3.05, 3.63) is 22.4 Å². The van der Waals surface area contributed by atoms with Gasteiger partial charge in [-0.2, -0.15) is 11.8 Å². The first kappa shape index (κ1) is 9.61. The number of thiophene rings is 1. The van der Waals surface area contributed by atoms with Gasteiger partial charge >= 0.3 is 0 Å². The predicted molar refractivity (Wildman–Crippen MR) is 55.0 cm³/mol. The number of carbonyl (C=O) groups excluding carboxylic acids is 1. The smallest absolute Gasteiger partial charge is 0.261 e. The molecular formula is C8H11NOS2. The van der Waals surface area contributed by atoms with E-state index in [9.17, 15) is 4.79 Å². The predicted octanol–water partition coefficient (Wildman–Crippen LogP) is 1.84. The summed E-state index contributed by atoms with van der Waals surface area (Å²) in [5, 5.41) is 4.74. The van der Waals surface area contributed by atoms with Crippen LogP contribution in [0.1, 0.15) is 9.67 Å². The molecule has 12 heavy (non-hydrogen) atoms. The first-order chi connectivity index (χ1) is 5.84. The second kappa shape index (κ2) is 5.22. The molecular weight excluding hydrogens is 190 g/mol. The minimum Gasteiger partial charge on any atom is -0.351 e. The van der Waals surface area contributed by atoms with Gasteiger partial charge < -0.3 is 5.32 Å². The Bertz CT molecular complexity index is 233. The molecule has 0 unspecified atom stereocenters. The van der Waals surface area contributed by atoms with E-state index < -0.39 is 0 Å². The molecule has 0 aliphatic rings. The Labute approximate surface area is 80.4 Å². The van der Waals surface area contributed by atoms with E-state index in [4.69, 9.17) is 0 Å². The molecule has 0 aliphatic carbocycles. The second-order valence-electron chi connectivity index (χ2n) is 2.23. The minimum atomic E-state index is 0.0408. The first-order valence-corrected chi connectivity index (χ1v) is 5.92. The third-order valence-corrected chi connectivity index (χ3v) is 2.82. The number of amides is 1. The van der Waals surface area contributed by atoms with Gasteiger partial charge in [-0.15, -0.1) is 11.3 Å². The van der Waals surface area contributed by atoms with E-state index in [1.54, 1.807) is 11.8 Å². The SMILES string of the molecule is CSCCNC(=O)c1cccs1. The Morgan fingerprint density at radius 1 is 1.75 bits per heavy atom. The molecule has 1 aromatic heterocycles. The topological polar surface area (TPSA) is 29.1 Å². The quantitative estimate of drug-likeness (QED) is 0.753. The summed E-state index contributed by atoms with van der Waals surface area (Å²) in [6.45, 7) is 0.748. The lowest BCUT2D eigenvalue weighted by Crippen LogP contribution is -2.24. The van der Waals surface area contributed by atoms with Gasteiger partial charge in [-0.3, -0.25) is 4.79 Å². The monoisotopic (exact) mass is 201 g/mol. The molecule has 1 amide bonds. The van der Waals surface area contributed by atoms with Gasteiger partial charge in [0.2, 0.25) is 0 Å². The molecule has 0 fully saturated rings. The van der Waals surface area contributed by atoms with Crippen molar-refractivity contribution in [2.75, 3.05) is 18.6 Å². The zero-order valence-electron chi connectivity index (χ0n) is 6.87. The minimum absolute atomic E-state index is 0.0408. The average molecular weight is 201 g/mol. The highest BCUT2D eigenvalue weighted by Crippen LogP contribution is 2.07. The zero-order valence-corrected chi connectivity index (χ0v) is 8.50. The van der Waals surface area contributed by atoms with E-state index >= 15 is 0 Å². The van der Waals surface area contributed by atoms with Crippen LogP contribution in [0.5, 0.6) is 0 Å². The van der Waals surface area contributed by atoms with Gasteiger partial charge in [-0.25, -0.2) is 0 Å². The Kier molecular flexibility index (Phi) is 4.18. The molecule has 0 radical (unpaired) electrons. The van der Waals surface area contributed by atoms with Crippen LogP contribution in [0.2, 0.25) is 0 Å². The van der Waals surface area contributed by atoms with E-state index in [2.05, 4.69) is 5.32 Å². The fourth-order valence-electron chi connectivity index (χ4n) is 0.761. The zero-order chi connectivity index (χ0) is 8.81. The van der Waals surface area contributed by atoms with E-state index in [1.807, 2.05) is 23.8 Å². The molecule has 66 valence electrons. The van der Waals surface area contributed by atoms with Crippen molar-refractivity contribution in [3.63, 3.8) is 0 Å². The van der Waals surface area contributed by atoms with Crippen LogP contribution in [0.15, 0.2) is 17.5 Å². The summed E-state index contributed by atoms with van der Waals surface area (Å²) in [5.74, 6) is 1.01.